The van der Waals surface area contributed by atoms with Gasteiger partial charge in [-0.25, -0.2) is 0 Å². The second-order valence-corrected chi connectivity index (χ2v) is 3.00. The monoisotopic (exact) mass is 145 g/mol. The lowest BCUT2D eigenvalue weighted by Gasteiger charge is -2.11. The molecule has 60 valence electrons. The average Bonchev–Trinajstić information content (AvgIpc) is 1.82. The van der Waals surface area contributed by atoms with Crippen molar-refractivity contribution in [1.82, 2.24) is 4.90 Å². The van der Waals surface area contributed by atoms with Crippen LogP contribution in [0.1, 0.15) is 6.42 Å². The topological polar surface area (TPSA) is 24.8 Å². The van der Waals surface area contributed by atoms with Gasteiger partial charge in [0.1, 0.15) is 0 Å². The molecule has 0 saturated heterocycles. The van der Waals surface area contributed by atoms with Crippen LogP contribution in [0.2, 0.25) is 0 Å². The molecule has 0 radical (unpaired) electrons. The van der Waals surface area contributed by atoms with Gasteiger partial charge in [-0.2, -0.15) is 0 Å². The van der Waals surface area contributed by atoms with E-state index >= 15 is 0 Å². The lowest BCUT2D eigenvalue weighted by Crippen LogP contribution is -3.05. The van der Waals surface area contributed by atoms with E-state index in [1.54, 1.807) is 19.0 Å². The van der Waals surface area contributed by atoms with Crippen molar-refractivity contribution < 1.29 is 9.69 Å². The Balaban J connectivity index is 3.40. The minimum atomic E-state index is 0.209. The summed E-state index contributed by atoms with van der Waals surface area (Å²) in [6, 6.07) is 0. The van der Waals surface area contributed by atoms with Crippen LogP contribution in [0.3, 0.4) is 0 Å². The van der Waals surface area contributed by atoms with Crippen LogP contribution in [0.5, 0.6) is 0 Å². The number of rotatable bonds is 3. The van der Waals surface area contributed by atoms with E-state index < -0.39 is 0 Å². The van der Waals surface area contributed by atoms with Crippen LogP contribution in [-0.2, 0) is 4.79 Å². The van der Waals surface area contributed by atoms with Gasteiger partial charge in [0.2, 0.25) is 5.91 Å². The molecule has 0 aromatic rings. The fourth-order valence-electron chi connectivity index (χ4n) is 0.581. The zero-order valence-electron chi connectivity index (χ0n) is 7.27. The molecule has 0 aliphatic rings. The molecule has 3 heteroatoms. The molecule has 0 atom stereocenters. The summed E-state index contributed by atoms with van der Waals surface area (Å²) >= 11 is 0. The Kier molecular flexibility index (Phi) is 4.03. The third kappa shape index (κ3) is 4.32. The Bertz CT molecular complexity index is 110. The molecular weight excluding hydrogens is 128 g/mol. The fraction of sp³-hybridized carbons (Fsp3) is 0.857. The number of nitrogens with zero attached hydrogens (tertiary/aromatic N) is 1. The third-order valence-electron chi connectivity index (χ3n) is 1.34. The standard InChI is InChI=1S/C7H16N2O/c1-8(2)6-5-7(10)9(3)4/h5-6H2,1-4H3/p+1. The van der Waals surface area contributed by atoms with E-state index in [0.717, 1.165) is 6.54 Å². The van der Waals surface area contributed by atoms with Crippen LogP contribution in [0, 0.1) is 0 Å². The van der Waals surface area contributed by atoms with Crippen molar-refractivity contribution in [2.24, 2.45) is 0 Å². The highest BCUT2D eigenvalue weighted by Gasteiger charge is 2.04. The molecule has 0 unspecified atom stereocenters. The summed E-state index contributed by atoms with van der Waals surface area (Å²) in [4.78, 5) is 13.9. The number of carbonyl (C=O) groups excluding carboxylic acids is 1. The lowest BCUT2D eigenvalue weighted by atomic mass is 10.4. The number of carbonyl (C=O) groups is 1. The maximum Gasteiger partial charge on any atom is 0.227 e. The Morgan fingerprint density at radius 1 is 1.40 bits per heavy atom. The number of hydrogen-bond acceptors (Lipinski definition) is 1. The number of amides is 1. The van der Waals surface area contributed by atoms with E-state index in [0.29, 0.717) is 6.42 Å². The van der Waals surface area contributed by atoms with Crippen molar-refractivity contribution >= 4 is 5.91 Å². The van der Waals surface area contributed by atoms with Crippen LogP contribution in [0.25, 0.3) is 0 Å². The van der Waals surface area contributed by atoms with Crippen LogP contribution < -0.4 is 4.90 Å². The molecule has 0 aromatic carbocycles. The van der Waals surface area contributed by atoms with Crippen molar-refractivity contribution in [2.75, 3.05) is 34.7 Å². The highest BCUT2D eigenvalue weighted by Crippen LogP contribution is 1.81. The number of nitrogens with one attached hydrogen (secondary N) is 1. The molecule has 0 bridgehead atoms. The molecule has 3 nitrogen and oxygen atoms in total. The Morgan fingerprint density at radius 3 is 2.20 bits per heavy atom. The van der Waals surface area contributed by atoms with Gasteiger partial charge in [-0.15, -0.1) is 0 Å². The molecule has 0 saturated carbocycles. The molecule has 0 aliphatic heterocycles. The predicted octanol–water partition coefficient (Wildman–Crippen LogP) is -1.39. The fourth-order valence-corrected chi connectivity index (χ4v) is 0.581. The minimum Gasteiger partial charge on any atom is -0.349 e. The second-order valence-electron chi connectivity index (χ2n) is 3.00. The van der Waals surface area contributed by atoms with Gasteiger partial charge in [-0.3, -0.25) is 4.79 Å². The van der Waals surface area contributed by atoms with Gasteiger partial charge in [0, 0.05) is 14.1 Å². The van der Waals surface area contributed by atoms with Crippen LogP contribution in [0.4, 0.5) is 0 Å². The normalized spacial score (nSPS) is 10.1. The molecule has 0 rings (SSSR count). The molecule has 10 heavy (non-hydrogen) atoms. The first-order valence-electron chi connectivity index (χ1n) is 3.53. The summed E-state index contributed by atoms with van der Waals surface area (Å²) in [5.74, 6) is 0.209. The molecule has 1 amide bonds. The maximum absolute atomic E-state index is 11.0. The molecule has 1 N–H and O–H groups in total. The van der Waals surface area contributed by atoms with Crippen LogP contribution in [0.15, 0.2) is 0 Å². The van der Waals surface area contributed by atoms with E-state index in [9.17, 15) is 4.79 Å². The van der Waals surface area contributed by atoms with E-state index in [2.05, 4.69) is 0 Å². The zero-order chi connectivity index (χ0) is 8.15. The summed E-state index contributed by atoms with van der Waals surface area (Å²) in [6.45, 7) is 0.914. The smallest absolute Gasteiger partial charge is 0.227 e. The summed E-state index contributed by atoms with van der Waals surface area (Å²) in [7, 11) is 7.66. The molecular formula is C7H17N2O+. The van der Waals surface area contributed by atoms with Crippen molar-refractivity contribution in [3.05, 3.63) is 0 Å². The minimum absolute atomic E-state index is 0.209. The highest BCUT2D eigenvalue weighted by molar-refractivity contribution is 5.75. The summed E-state index contributed by atoms with van der Waals surface area (Å²) in [6.07, 6.45) is 0.648. The van der Waals surface area contributed by atoms with Gasteiger partial charge >= 0.3 is 0 Å². The average molecular weight is 145 g/mol. The SMILES string of the molecule is CN(C)C(=O)CC[NH+](C)C. The molecule has 0 aliphatic carbocycles. The first kappa shape index (κ1) is 9.43. The molecule has 0 fully saturated rings. The van der Waals surface area contributed by atoms with E-state index in [-0.39, 0.29) is 5.91 Å². The summed E-state index contributed by atoms with van der Waals surface area (Å²) < 4.78 is 0. The van der Waals surface area contributed by atoms with Gasteiger partial charge in [0.05, 0.1) is 27.1 Å². The van der Waals surface area contributed by atoms with Crippen molar-refractivity contribution in [1.29, 1.82) is 0 Å². The van der Waals surface area contributed by atoms with Crippen molar-refractivity contribution in [2.45, 2.75) is 6.42 Å². The number of hydrogen-bond donors (Lipinski definition) is 1. The van der Waals surface area contributed by atoms with Gasteiger partial charge in [0.15, 0.2) is 0 Å². The third-order valence-corrected chi connectivity index (χ3v) is 1.34. The number of quaternary nitrogens is 1. The quantitative estimate of drug-likeness (QED) is 0.519. The van der Waals surface area contributed by atoms with Crippen molar-refractivity contribution in [3.8, 4) is 0 Å². The Labute approximate surface area is 62.6 Å². The Morgan fingerprint density at radius 2 is 1.90 bits per heavy atom. The molecule has 0 heterocycles. The van der Waals surface area contributed by atoms with E-state index in [1.807, 2.05) is 14.1 Å². The van der Waals surface area contributed by atoms with Gasteiger partial charge in [-0.1, -0.05) is 0 Å². The van der Waals surface area contributed by atoms with E-state index in [1.165, 1.54) is 4.90 Å². The van der Waals surface area contributed by atoms with Crippen LogP contribution in [-0.4, -0.2) is 45.5 Å². The largest absolute Gasteiger partial charge is 0.349 e. The molecule has 0 spiro atoms. The van der Waals surface area contributed by atoms with Gasteiger partial charge in [-0.05, 0) is 0 Å². The first-order valence-corrected chi connectivity index (χ1v) is 3.53. The predicted molar refractivity (Wildman–Crippen MR) is 41.0 cm³/mol. The van der Waals surface area contributed by atoms with Gasteiger partial charge < -0.3 is 9.80 Å². The van der Waals surface area contributed by atoms with Crippen molar-refractivity contribution in [3.63, 3.8) is 0 Å². The Hall–Kier alpha value is -0.570. The lowest BCUT2D eigenvalue weighted by molar-refractivity contribution is -0.857. The second kappa shape index (κ2) is 4.28. The highest BCUT2D eigenvalue weighted by atomic mass is 16.2. The van der Waals surface area contributed by atoms with E-state index in [4.69, 9.17) is 0 Å². The maximum atomic E-state index is 11.0. The summed E-state index contributed by atoms with van der Waals surface area (Å²) in [5, 5.41) is 0. The first-order chi connectivity index (χ1) is 4.54. The molecule has 0 aromatic heterocycles. The van der Waals surface area contributed by atoms with Gasteiger partial charge in [0.25, 0.3) is 0 Å². The zero-order valence-corrected chi connectivity index (χ0v) is 7.27. The van der Waals surface area contributed by atoms with Crippen LogP contribution >= 0.6 is 0 Å². The summed E-state index contributed by atoms with van der Waals surface area (Å²) in [5.41, 5.74) is 0.